The van der Waals surface area contributed by atoms with Crippen molar-refractivity contribution in [1.29, 1.82) is 0 Å². The van der Waals surface area contributed by atoms with E-state index in [0.29, 0.717) is 11.7 Å². The maximum Gasteiger partial charge on any atom is 0.131 e. The third-order valence-electron chi connectivity index (χ3n) is 5.60. The molecule has 12 radical (unpaired) electrons. The molecule has 1 atom stereocenters. The lowest BCUT2D eigenvalue weighted by molar-refractivity contribution is 0.518. The van der Waals surface area contributed by atoms with Crippen LogP contribution in [0.5, 0.6) is 0 Å². The van der Waals surface area contributed by atoms with E-state index < -0.39 is 16.3 Å². The largest absolute Gasteiger partial charge is 0.467 e. The molecule has 1 aliphatic rings. The molecule has 1 unspecified atom stereocenters. The van der Waals surface area contributed by atoms with Gasteiger partial charge >= 0.3 is 0 Å². The van der Waals surface area contributed by atoms with Gasteiger partial charge in [-0.05, 0) is 30.5 Å². The van der Waals surface area contributed by atoms with Gasteiger partial charge in [0.1, 0.15) is 26.6 Å². The number of rotatable bonds is 4. The predicted molar refractivity (Wildman–Crippen MR) is 141 cm³/mol. The summed E-state index contributed by atoms with van der Waals surface area (Å²) >= 11 is 7.80. The minimum atomic E-state index is -1.40. The van der Waals surface area contributed by atoms with Crippen LogP contribution in [0, 0.1) is 6.92 Å². The molecule has 4 rings (SSSR count). The molecular formula is C21H19B6ClN2OS. The third kappa shape index (κ3) is 4.50. The van der Waals surface area contributed by atoms with Crippen LogP contribution in [0.2, 0.25) is 15.6 Å². The average molecular weight is 448 g/mol. The fraction of sp³-hybridized carbons (Fsp3) is 0.381. The highest BCUT2D eigenvalue weighted by Gasteiger charge is 2.42. The summed E-state index contributed by atoms with van der Waals surface area (Å²) in [5, 5.41) is 1.00. The number of hydrogen-bond donors (Lipinski definition) is 1. The first kappa shape index (κ1) is 25.2. The molecule has 11 heteroatoms. The van der Waals surface area contributed by atoms with Gasteiger partial charge in [-0.1, -0.05) is 42.3 Å². The Kier molecular flexibility index (Phi) is 7.46. The SMILES string of the molecule is CC.[B]C1=C([B])C([B])([B])C(c2sc3c(NCc4ccco4)cc(Cl)nc3c2C)CC1([B])[B]. The molecule has 3 aromatic heterocycles. The summed E-state index contributed by atoms with van der Waals surface area (Å²) in [4.78, 5) is 5.41. The Bertz CT molecular complexity index is 1140. The Hall–Kier alpha value is -1.39. The highest BCUT2D eigenvalue weighted by molar-refractivity contribution is 7.20. The maximum absolute atomic E-state index is 6.43. The zero-order chi connectivity index (χ0) is 23.8. The molecule has 0 amide bonds. The maximum atomic E-state index is 6.43. The first-order valence-corrected chi connectivity index (χ1v) is 11.5. The van der Waals surface area contributed by atoms with Gasteiger partial charge in [0.05, 0.1) is 60.1 Å². The second-order valence-electron chi connectivity index (χ2n) is 7.75. The van der Waals surface area contributed by atoms with Gasteiger partial charge in [0.15, 0.2) is 0 Å². The Morgan fingerprint density at radius 2 is 1.91 bits per heavy atom. The average Bonchev–Trinajstić information content (AvgIpc) is 3.38. The standard InChI is InChI=1S/C19H13B6ClN2OS.C2H6/c1-8-13-15(11(5-12(26)28-13)27-7-9-3-2-4-29-9)30-14(8)10-6-18(22,23)16(20)17(21)19(10,24)25;1-2/h2-5,10H,6-7H2,1H3,(H,27,28);1-2H3. The van der Waals surface area contributed by atoms with Crippen molar-refractivity contribution in [2.75, 3.05) is 5.32 Å². The summed E-state index contributed by atoms with van der Waals surface area (Å²) in [7, 11) is 37.4. The number of hydrogen-bond acceptors (Lipinski definition) is 4. The number of anilines is 1. The molecule has 0 aromatic carbocycles. The van der Waals surface area contributed by atoms with Gasteiger partial charge in [-0.2, -0.15) is 0 Å². The lowest BCUT2D eigenvalue weighted by Crippen LogP contribution is -2.37. The van der Waals surface area contributed by atoms with Crippen LogP contribution in [0.15, 0.2) is 39.8 Å². The molecule has 0 saturated heterocycles. The van der Waals surface area contributed by atoms with E-state index in [1.165, 1.54) is 11.3 Å². The van der Waals surface area contributed by atoms with Crippen LogP contribution in [-0.4, -0.2) is 52.1 Å². The van der Waals surface area contributed by atoms with Gasteiger partial charge < -0.3 is 9.73 Å². The fourth-order valence-electron chi connectivity index (χ4n) is 3.82. The Morgan fingerprint density at radius 3 is 2.53 bits per heavy atom. The molecule has 0 spiro atoms. The van der Waals surface area contributed by atoms with Crippen molar-refractivity contribution in [3.05, 3.63) is 56.8 Å². The van der Waals surface area contributed by atoms with Crippen LogP contribution in [0.3, 0.4) is 0 Å². The Balaban J connectivity index is 0.00000141. The topological polar surface area (TPSA) is 38.1 Å². The molecule has 3 aromatic rings. The summed E-state index contributed by atoms with van der Waals surface area (Å²) in [6, 6.07) is 5.49. The summed E-state index contributed by atoms with van der Waals surface area (Å²) in [5.74, 6) is 0.347. The van der Waals surface area contributed by atoms with E-state index in [1.54, 1.807) is 12.3 Å². The number of nitrogens with one attached hydrogen (secondary N) is 1. The number of furan rings is 1. The van der Waals surface area contributed by atoms with E-state index in [1.807, 2.05) is 32.9 Å². The minimum absolute atomic E-state index is 0.0998. The normalized spacial score (nSPS) is 19.4. The van der Waals surface area contributed by atoms with Crippen LogP contribution in [-0.2, 0) is 6.54 Å². The molecule has 32 heavy (non-hydrogen) atoms. The van der Waals surface area contributed by atoms with Crippen molar-refractivity contribution < 1.29 is 4.42 Å². The van der Waals surface area contributed by atoms with Gasteiger partial charge in [0.25, 0.3) is 0 Å². The summed E-state index contributed by atoms with van der Waals surface area (Å²) < 4.78 is 6.31. The second kappa shape index (κ2) is 9.46. The summed E-state index contributed by atoms with van der Waals surface area (Å²) in [6.07, 6.45) is 1.86. The molecule has 150 valence electrons. The Labute approximate surface area is 207 Å². The highest BCUT2D eigenvalue weighted by atomic mass is 35.5. The van der Waals surface area contributed by atoms with Gasteiger partial charge in [0.2, 0.25) is 0 Å². The number of halogens is 1. The van der Waals surface area contributed by atoms with E-state index in [2.05, 4.69) is 10.3 Å². The lowest BCUT2D eigenvalue weighted by atomic mass is 9.29. The van der Waals surface area contributed by atoms with Crippen molar-refractivity contribution in [1.82, 2.24) is 4.98 Å². The molecule has 0 aliphatic heterocycles. The number of thiophene rings is 1. The van der Waals surface area contributed by atoms with E-state index in [0.717, 1.165) is 32.1 Å². The second-order valence-corrected chi connectivity index (χ2v) is 9.19. The highest BCUT2D eigenvalue weighted by Crippen LogP contribution is 2.59. The number of pyridine rings is 1. The minimum Gasteiger partial charge on any atom is -0.467 e. The van der Waals surface area contributed by atoms with E-state index in [9.17, 15) is 0 Å². The smallest absolute Gasteiger partial charge is 0.131 e. The molecular weight excluding hydrogens is 429 g/mol. The first-order chi connectivity index (χ1) is 15.0. The molecule has 0 bridgehead atoms. The van der Waals surface area contributed by atoms with Gasteiger partial charge in [0, 0.05) is 10.9 Å². The first-order valence-electron chi connectivity index (χ1n) is 10.3. The van der Waals surface area contributed by atoms with E-state index in [4.69, 9.17) is 63.1 Å². The van der Waals surface area contributed by atoms with Crippen molar-refractivity contribution in [2.45, 2.75) is 50.1 Å². The molecule has 3 nitrogen and oxygen atoms in total. The number of nitrogens with zero attached hydrogens (tertiary/aromatic N) is 1. The lowest BCUT2D eigenvalue weighted by Gasteiger charge is -2.50. The molecule has 1 N–H and O–H groups in total. The van der Waals surface area contributed by atoms with Crippen molar-refractivity contribution >= 4 is 85.9 Å². The number of aryl methyl sites for hydroxylation is 1. The van der Waals surface area contributed by atoms with Crippen LogP contribution in [0.25, 0.3) is 10.2 Å². The van der Waals surface area contributed by atoms with Gasteiger partial charge in [-0.3, -0.25) is 0 Å². The summed E-state index contributed by atoms with van der Waals surface area (Å²) in [6.45, 7) is 6.44. The molecule has 0 saturated carbocycles. The van der Waals surface area contributed by atoms with Gasteiger partial charge in [-0.25, -0.2) is 4.98 Å². The number of fused-ring (bicyclic) bond motifs is 1. The zero-order valence-corrected chi connectivity index (χ0v) is 20.0. The van der Waals surface area contributed by atoms with E-state index in [-0.39, 0.29) is 17.4 Å². The Morgan fingerprint density at radius 1 is 1.22 bits per heavy atom. The zero-order valence-electron chi connectivity index (χ0n) is 18.4. The number of allylic oxidation sites excluding steroid dienone is 2. The van der Waals surface area contributed by atoms with Crippen LogP contribution in [0.4, 0.5) is 5.69 Å². The van der Waals surface area contributed by atoms with E-state index >= 15 is 0 Å². The molecule has 0 fully saturated rings. The predicted octanol–water partition coefficient (Wildman–Crippen LogP) is 4.43. The monoisotopic (exact) mass is 448 g/mol. The molecule has 1 aliphatic carbocycles. The fourth-order valence-corrected chi connectivity index (χ4v) is 5.44. The van der Waals surface area contributed by atoms with Crippen molar-refractivity contribution in [2.24, 2.45) is 0 Å². The third-order valence-corrected chi connectivity index (χ3v) is 7.23. The quantitative estimate of drug-likeness (QED) is 0.475. The van der Waals surface area contributed by atoms with Crippen molar-refractivity contribution in [3.63, 3.8) is 0 Å². The van der Waals surface area contributed by atoms with Crippen molar-refractivity contribution in [3.8, 4) is 0 Å². The van der Waals surface area contributed by atoms with Crippen LogP contribution < -0.4 is 5.32 Å². The summed E-state index contributed by atoms with van der Waals surface area (Å²) in [5.41, 5.74) is 2.69. The van der Waals surface area contributed by atoms with Crippen LogP contribution in [0.1, 0.15) is 42.4 Å². The number of aromatic nitrogens is 1. The van der Waals surface area contributed by atoms with Gasteiger partial charge in [-0.15, -0.1) is 22.3 Å². The molecule has 3 heterocycles. The van der Waals surface area contributed by atoms with Crippen LogP contribution >= 0.6 is 22.9 Å².